The van der Waals surface area contributed by atoms with Crippen molar-refractivity contribution in [3.63, 3.8) is 0 Å². The molecule has 0 aliphatic heterocycles. The van der Waals surface area contributed by atoms with E-state index in [4.69, 9.17) is 9.16 Å². The zero-order chi connectivity index (χ0) is 13.8. The number of methoxy groups -OCH3 is 1. The maximum atomic E-state index is 11.9. The van der Waals surface area contributed by atoms with Gasteiger partial charge in [0.2, 0.25) is 0 Å². The highest BCUT2D eigenvalue weighted by Gasteiger charge is 2.16. The summed E-state index contributed by atoms with van der Waals surface area (Å²) in [6, 6.07) is 0.989. The molecule has 0 bridgehead atoms. The van der Waals surface area contributed by atoms with Crippen LogP contribution in [0.15, 0.2) is 11.6 Å². The van der Waals surface area contributed by atoms with Crippen LogP contribution in [0.3, 0.4) is 0 Å². The lowest BCUT2D eigenvalue weighted by atomic mass is 10.1. The lowest BCUT2D eigenvalue weighted by molar-refractivity contribution is -0.130. The van der Waals surface area contributed by atoms with Crippen LogP contribution in [-0.2, 0) is 14.0 Å². The highest BCUT2D eigenvalue weighted by Crippen LogP contribution is 2.07. The summed E-state index contributed by atoms with van der Waals surface area (Å²) < 4.78 is 10.7. The zero-order valence-corrected chi connectivity index (χ0v) is 13.5. The van der Waals surface area contributed by atoms with Gasteiger partial charge >= 0.3 is 5.97 Å². The number of hydrogen-bond acceptors (Lipinski definition) is 3. The molecule has 0 fully saturated rings. The van der Waals surface area contributed by atoms with Crippen molar-refractivity contribution in [2.75, 3.05) is 13.3 Å². The Hall–Kier alpha value is -0.613. The number of hydrogen-bond donors (Lipinski definition) is 0. The molecule has 0 amide bonds. The van der Waals surface area contributed by atoms with Crippen molar-refractivity contribution in [2.45, 2.75) is 58.9 Å². The topological polar surface area (TPSA) is 35.5 Å². The van der Waals surface area contributed by atoms with Crippen molar-refractivity contribution in [3.8, 4) is 0 Å². The van der Waals surface area contributed by atoms with Crippen molar-refractivity contribution in [2.24, 2.45) is 0 Å². The van der Waals surface area contributed by atoms with Crippen molar-refractivity contribution in [1.82, 2.24) is 0 Å². The SMILES string of the molecule is CCCCCC=C(C)C(=O)O[SiH](CCC)COC. The minimum Gasteiger partial charge on any atom is -0.516 e. The molecule has 0 heterocycles. The Morgan fingerprint density at radius 2 is 1.94 bits per heavy atom. The molecule has 0 radical (unpaired) electrons. The normalized spacial score (nSPS) is 13.4. The lowest BCUT2D eigenvalue weighted by Crippen LogP contribution is -2.28. The Kier molecular flexibility index (Phi) is 11.1. The second-order valence-corrected chi connectivity index (χ2v) is 7.04. The molecule has 18 heavy (non-hydrogen) atoms. The molecule has 0 saturated carbocycles. The molecular weight excluding hydrogens is 244 g/mol. The number of carbonyl (C=O) groups excluding carboxylic acids is 1. The number of rotatable bonds is 10. The molecule has 0 saturated heterocycles. The summed E-state index contributed by atoms with van der Waals surface area (Å²) in [6.07, 6.45) is 8.21. The molecule has 106 valence electrons. The van der Waals surface area contributed by atoms with Gasteiger partial charge in [-0.25, -0.2) is 4.79 Å². The van der Waals surface area contributed by atoms with Crippen molar-refractivity contribution in [3.05, 3.63) is 11.6 Å². The molecule has 0 aromatic carbocycles. The summed E-state index contributed by atoms with van der Waals surface area (Å²) in [6.45, 7) is 6.13. The van der Waals surface area contributed by atoms with Gasteiger partial charge in [-0.1, -0.05) is 39.2 Å². The molecule has 0 aromatic heterocycles. The Labute approximate surface area is 113 Å². The van der Waals surface area contributed by atoms with Crippen LogP contribution in [0.1, 0.15) is 52.9 Å². The van der Waals surface area contributed by atoms with E-state index < -0.39 is 9.04 Å². The second kappa shape index (κ2) is 11.5. The van der Waals surface area contributed by atoms with E-state index in [2.05, 4.69) is 13.8 Å². The van der Waals surface area contributed by atoms with E-state index in [-0.39, 0.29) is 5.97 Å². The summed E-state index contributed by atoms with van der Waals surface area (Å²) in [7, 11) is 0.156. The molecule has 4 heteroatoms. The summed E-state index contributed by atoms with van der Waals surface area (Å²) in [4.78, 5) is 11.9. The Morgan fingerprint density at radius 3 is 2.50 bits per heavy atom. The molecule has 0 aliphatic rings. The van der Waals surface area contributed by atoms with Crippen molar-refractivity contribution < 1.29 is 14.0 Å². The van der Waals surface area contributed by atoms with Crippen LogP contribution in [0.25, 0.3) is 0 Å². The first-order chi connectivity index (χ1) is 8.65. The first-order valence-electron chi connectivity index (χ1n) is 7.02. The van der Waals surface area contributed by atoms with Gasteiger partial charge in [-0.15, -0.1) is 0 Å². The van der Waals surface area contributed by atoms with Crippen LogP contribution in [0.2, 0.25) is 6.04 Å². The van der Waals surface area contributed by atoms with E-state index in [9.17, 15) is 4.79 Å². The molecule has 0 N–H and O–H groups in total. The standard InChI is InChI=1S/C14H28O3Si/c1-5-7-8-9-10-13(3)14(15)17-18(11-6-2)12-16-4/h10,18H,5-9,11-12H2,1-4H3. The van der Waals surface area contributed by atoms with E-state index in [1.54, 1.807) is 7.11 Å². The van der Waals surface area contributed by atoms with E-state index >= 15 is 0 Å². The Morgan fingerprint density at radius 1 is 1.22 bits per heavy atom. The molecule has 1 unspecified atom stereocenters. The second-order valence-electron chi connectivity index (χ2n) is 4.65. The van der Waals surface area contributed by atoms with Crippen LogP contribution < -0.4 is 0 Å². The number of allylic oxidation sites excluding steroid dienone is 1. The van der Waals surface area contributed by atoms with Gasteiger partial charge in [0.1, 0.15) is 0 Å². The number of unbranched alkanes of at least 4 members (excludes halogenated alkanes) is 3. The Bertz CT molecular complexity index is 245. The van der Waals surface area contributed by atoms with Gasteiger partial charge in [0, 0.05) is 12.7 Å². The van der Waals surface area contributed by atoms with E-state index in [0.717, 1.165) is 30.9 Å². The van der Waals surface area contributed by atoms with Gasteiger partial charge in [0.25, 0.3) is 9.04 Å². The summed E-state index contributed by atoms with van der Waals surface area (Å²) in [5.41, 5.74) is 0.746. The third kappa shape index (κ3) is 8.47. The molecular formula is C14H28O3Si. The molecule has 3 nitrogen and oxygen atoms in total. The van der Waals surface area contributed by atoms with Crippen molar-refractivity contribution in [1.29, 1.82) is 0 Å². The minimum atomic E-state index is -1.51. The van der Waals surface area contributed by atoms with Crippen LogP contribution in [0.5, 0.6) is 0 Å². The fraction of sp³-hybridized carbons (Fsp3) is 0.786. The minimum absolute atomic E-state index is 0.145. The first kappa shape index (κ1) is 17.4. The van der Waals surface area contributed by atoms with Crippen LogP contribution in [0, 0.1) is 0 Å². The average molecular weight is 272 g/mol. The van der Waals surface area contributed by atoms with Gasteiger partial charge < -0.3 is 9.16 Å². The molecule has 0 aliphatic carbocycles. The van der Waals surface area contributed by atoms with Crippen LogP contribution in [0.4, 0.5) is 0 Å². The maximum Gasteiger partial charge on any atom is 0.319 e. The van der Waals surface area contributed by atoms with Crippen LogP contribution >= 0.6 is 0 Å². The third-order valence-corrected chi connectivity index (χ3v) is 5.29. The average Bonchev–Trinajstić information content (AvgIpc) is 2.35. The maximum absolute atomic E-state index is 11.9. The quantitative estimate of drug-likeness (QED) is 0.347. The highest BCUT2D eigenvalue weighted by atomic mass is 28.3. The monoisotopic (exact) mass is 272 g/mol. The fourth-order valence-corrected chi connectivity index (χ4v) is 3.58. The smallest absolute Gasteiger partial charge is 0.319 e. The van der Waals surface area contributed by atoms with Crippen LogP contribution in [-0.4, -0.2) is 28.3 Å². The molecule has 0 aromatic rings. The number of ether oxygens (including phenoxy) is 1. The predicted molar refractivity (Wildman–Crippen MR) is 78.1 cm³/mol. The van der Waals surface area contributed by atoms with Gasteiger partial charge in [0.15, 0.2) is 0 Å². The van der Waals surface area contributed by atoms with Gasteiger partial charge in [-0.2, -0.15) is 0 Å². The molecule has 0 spiro atoms. The summed E-state index contributed by atoms with van der Waals surface area (Å²) in [5.74, 6) is -0.145. The predicted octanol–water partition coefficient (Wildman–Crippen LogP) is 3.38. The van der Waals surface area contributed by atoms with Gasteiger partial charge in [-0.3, -0.25) is 0 Å². The molecule has 0 rings (SSSR count). The molecule has 1 atom stereocenters. The fourth-order valence-electron chi connectivity index (χ4n) is 1.72. The van der Waals surface area contributed by atoms with Gasteiger partial charge in [0.05, 0.1) is 6.23 Å². The summed E-state index contributed by atoms with van der Waals surface area (Å²) >= 11 is 0. The largest absolute Gasteiger partial charge is 0.516 e. The van der Waals surface area contributed by atoms with Crippen molar-refractivity contribution >= 4 is 15.0 Å². The van der Waals surface area contributed by atoms with E-state index in [1.165, 1.54) is 12.8 Å². The Balaban J connectivity index is 4.09. The van der Waals surface area contributed by atoms with Gasteiger partial charge in [-0.05, 0) is 25.8 Å². The summed E-state index contributed by atoms with van der Waals surface area (Å²) in [5, 5.41) is 0. The third-order valence-electron chi connectivity index (χ3n) is 2.82. The van der Waals surface area contributed by atoms with E-state index in [1.807, 2.05) is 13.0 Å². The lowest BCUT2D eigenvalue weighted by Gasteiger charge is -2.15. The highest BCUT2D eigenvalue weighted by molar-refractivity contribution is 6.54. The first-order valence-corrected chi connectivity index (χ1v) is 9.12. The van der Waals surface area contributed by atoms with E-state index in [0.29, 0.717) is 6.23 Å². The number of carbonyl (C=O) groups is 1. The zero-order valence-electron chi connectivity index (χ0n) is 12.3.